The fourth-order valence-electron chi connectivity index (χ4n) is 1.71. The van der Waals surface area contributed by atoms with Crippen molar-refractivity contribution in [2.75, 3.05) is 17.7 Å². The van der Waals surface area contributed by atoms with E-state index >= 15 is 0 Å². The van der Waals surface area contributed by atoms with Crippen molar-refractivity contribution in [1.29, 1.82) is 0 Å². The lowest BCUT2D eigenvalue weighted by Crippen LogP contribution is -2.19. The van der Waals surface area contributed by atoms with E-state index in [1.165, 1.54) is 0 Å². The van der Waals surface area contributed by atoms with Crippen molar-refractivity contribution in [2.45, 2.75) is 0 Å². The zero-order valence-corrected chi connectivity index (χ0v) is 12.2. The third-order valence-corrected chi connectivity index (χ3v) is 2.96. The zero-order chi connectivity index (χ0) is 15.2. The molecule has 4 N–H and O–H groups in total. The summed E-state index contributed by atoms with van der Waals surface area (Å²) < 4.78 is 5.14. The highest BCUT2D eigenvalue weighted by molar-refractivity contribution is 7.80. The molecule has 2 rings (SSSR count). The van der Waals surface area contributed by atoms with E-state index in [1.807, 2.05) is 24.3 Å². The number of primary amides is 1. The number of benzene rings is 2. The van der Waals surface area contributed by atoms with Crippen molar-refractivity contribution >= 4 is 34.6 Å². The van der Waals surface area contributed by atoms with Crippen LogP contribution in [0.5, 0.6) is 5.75 Å². The Morgan fingerprint density at radius 2 is 1.76 bits per heavy atom. The smallest absolute Gasteiger partial charge is 0.248 e. The van der Waals surface area contributed by atoms with Gasteiger partial charge < -0.3 is 21.1 Å². The molecular weight excluding hydrogens is 286 g/mol. The van der Waals surface area contributed by atoms with E-state index < -0.39 is 5.91 Å². The lowest BCUT2D eigenvalue weighted by atomic mass is 10.2. The topological polar surface area (TPSA) is 76.4 Å². The van der Waals surface area contributed by atoms with Crippen LogP contribution in [-0.4, -0.2) is 18.1 Å². The molecule has 0 aromatic heterocycles. The van der Waals surface area contributed by atoms with E-state index in [4.69, 9.17) is 22.7 Å². The summed E-state index contributed by atoms with van der Waals surface area (Å²) in [5.74, 6) is 0.284. The number of methoxy groups -OCH3 is 1. The van der Waals surface area contributed by atoms with Gasteiger partial charge in [-0.25, -0.2) is 0 Å². The number of hydrogen-bond donors (Lipinski definition) is 3. The third kappa shape index (κ3) is 4.19. The lowest BCUT2D eigenvalue weighted by Gasteiger charge is -2.11. The molecule has 0 bridgehead atoms. The summed E-state index contributed by atoms with van der Waals surface area (Å²) in [6, 6.07) is 14.2. The van der Waals surface area contributed by atoms with Gasteiger partial charge in [0.05, 0.1) is 7.11 Å². The number of ether oxygens (including phenoxy) is 1. The average molecular weight is 301 g/mol. The molecule has 0 aliphatic rings. The first-order chi connectivity index (χ1) is 10.1. The van der Waals surface area contributed by atoms with E-state index in [-0.39, 0.29) is 0 Å². The fourth-order valence-corrected chi connectivity index (χ4v) is 1.95. The minimum atomic E-state index is -0.460. The van der Waals surface area contributed by atoms with Gasteiger partial charge in [-0.2, -0.15) is 0 Å². The Morgan fingerprint density at radius 1 is 1.10 bits per heavy atom. The molecule has 5 nitrogen and oxygen atoms in total. The SMILES string of the molecule is COc1cccc(NC(=S)Nc2ccc(C(N)=O)cc2)c1. The van der Waals surface area contributed by atoms with Gasteiger partial charge in [0.1, 0.15) is 5.75 Å². The average Bonchev–Trinajstić information content (AvgIpc) is 2.47. The Labute approximate surface area is 128 Å². The van der Waals surface area contributed by atoms with Crippen LogP contribution in [0.3, 0.4) is 0 Å². The van der Waals surface area contributed by atoms with E-state index in [0.29, 0.717) is 10.7 Å². The second kappa shape index (κ2) is 6.71. The van der Waals surface area contributed by atoms with Gasteiger partial charge in [-0.3, -0.25) is 4.79 Å². The molecule has 21 heavy (non-hydrogen) atoms. The highest BCUT2D eigenvalue weighted by Gasteiger charge is 2.02. The van der Waals surface area contributed by atoms with Gasteiger partial charge in [-0.05, 0) is 48.6 Å². The molecule has 0 aliphatic carbocycles. The van der Waals surface area contributed by atoms with Crippen molar-refractivity contribution in [3.63, 3.8) is 0 Å². The number of thiocarbonyl (C=S) groups is 1. The molecule has 1 amide bonds. The van der Waals surface area contributed by atoms with Crippen molar-refractivity contribution in [2.24, 2.45) is 5.73 Å². The van der Waals surface area contributed by atoms with Crippen LogP contribution in [0.2, 0.25) is 0 Å². The second-order valence-electron chi connectivity index (χ2n) is 4.25. The summed E-state index contributed by atoms with van der Waals surface area (Å²) in [6.45, 7) is 0. The Bertz CT molecular complexity index is 656. The van der Waals surface area contributed by atoms with Gasteiger partial charge in [0.15, 0.2) is 5.11 Å². The van der Waals surface area contributed by atoms with E-state index in [0.717, 1.165) is 17.1 Å². The number of nitrogens with two attached hydrogens (primary N) is 1. The molecule has 6 heteroatoms. The Kier molecular flexibility index (Phi) is 4.73. The molecule has 0 fully saturated rings. The molecule has 2 aromatic carbocycles. The maximum Gasteiger partial charge on any atom is 0.248 e. The van der Waals surface area contributed by atoms with Crippen LogP contribution >= 0.6 is 12.2 Å². The summed E-state index contributed by atoms with van der Waals surface area (Å²) in [7, 11) is 1.61. The summed E-state index contributed by atoms with van der Waals surface area (Å²) in [5, 5.41) is 6.51. The predicted octanol–water partition coefficient (Wildman–Crippen LogP) is 2.60. The van der Waals surface area contributed by atoms with Gasteiger partial charge >= 0.3 is 0 Å². The second-order valence-corrected chi connectivity index (χ2v) is 4.66. The third-order valence-electron chi connectivity index (χ3n) is 2.75. The highest BCUT2D eigenvalue weighted by atomic mass is 32.1. The molecule has 0 heterocycles. The number of amides is 1. The van der Waals surface area contributed by atoms with Crippen molar-refractivity contribution in [3.05, 3.63) is 54.1 Å². The molecular formula is C15H15N3O2S. The van der Waals surface area contributed by atoms with E-state index in [9.17, 15) is 4.79 Å². The Morgan fingerprint density at radius 3 is 2.38 bits per heavy atom. The number of carbonyl (C=O) groups excluding carboxylic acids is 1. The molecule has 0 saturated heterocycles. The van der Waals surface area contributed by atoms with Gasteiger partial charge in [-0.15, -0.1) is 0 Å². The van der Waals surface area contributed by atoms with E-state index in [2.05, 4.69) is 10.6 Å². The summed E-state index contributed by atoms with van der Waals surface area (Å²) >= 11 is 5.23. The maximum absolute atomic E-state index is 11.0. The highest BCUT2D eigenvalue weighted by Crippen LogP contribution is 2.17. The van der Waals surface area contributed by atoms with Crippen LogP contribution in [0.25, 0.3) is 0 Å². The Hall–Kier alpha value is -2.60. The van der Waals surface area contributed by atoms with Gasteiger partial charge in [-0.1, -0.05) is 6.07 Å². The summed E-state index contributed by atoms with van der Waals surface area (Å²) in [5.41, 5.74) is 7.22. The first kappa shape index (κ1) is 14.8. The number of anilines is 2. The first-order valence-corrected chi connectivity index (χ1v) is 6.61. The van der Waals surface area contributed by atoms with Crippen molar-refractivity contribution in [3.8, 4) is 5.75 Å². The monoisotopic (exact) mass is 301 g/mol. The maximum atomic E-state index is 11.0. The van der Waals surface area contributed by atoms with Crippen molar-refractivity contribution < 1.29 is 9.53 Å². The molecule has 0 atom stereocenters. The molecule has 0 radical (unpaired) electrons. The molecule has 0 aliphatic heterocycles. The first-order valence-electron chi connectivity index (χ1n) is 6.20. The van der Waals surface area contributed by atoms with E-state index in [1.54, 1.807) is 31.4 Å². The molecule has 0 saturated carbocycles. The minimum Gasteiger partial charge on any atom is -0.497 e. The minimum absolute atomic E-state index is 0.440. The van der Waals surface area contributed by atoms with Crippen LogP contribution in [0.4, 0.5) is 11.4 Å². The van der Waals surface area contributed by atoms with Crippen LogP contribution < -0.4 is 21.1 Å². The fraction of sp³-hybridized carbons (Fsp3) is 0.0667. The molecule has 0 spiro atoms. The number of hydrogen-bond acceptors (Lipinski definition) is 3. The van der Waals surface area contributed by atoms with Gasteiger partial charge in [0, 0.05) is 23.0 Å². The van der Waals surface area contributed by atoms with Crippen LogP contribution in [-0.2, 0) is 0 Å². The van der Waals surface area contributed by atoms with Crippen LogP contribution in [0.15, 0.2) is 48.5 Å². The normalized spacial score (nSPS) is 9.76. The van der Waals surface area contributed by atoms with Crippen molar-refractivity contribution in [1.82, 2.24) is 0 Å². The van der Waals surface area contributed by atoms with Crippen LogP contribution in [0.1, 0.15) is 10.4 Å². The number of nitrogens with one attached hydrogen (secondary N) is 2. The van der Waals surface area contributed by atoms with Crippen LogP contribution in [0, 0.1) is 0 Å². The van der Waals surface area contributed by atoms with Gasteiger partial charge in [0.25, 0.3) is 0 Å². The molecule has 0 unspecified atom stereocenters. The number of rotatable bonds is 4. The lowest BCUT2D eigenvalue weighted by molar-refractivity contribution is 0.100. The standard InChI is InChI=1S/C15H15N3O2S/c1-20-13-4-2-3-12(9-13)18-15(21)17-11-7-5-10(6-8-11)14(16)19/h2-9H,1H3,(H2,16,19)(H2,17,18,21). The molecule has 2 aromatic rings. The zero-order valence-electron chi connectivity index (χ0n) is 11.4. The quantitative estimate of drug-likeness (QED) is 0.757. The molecule has 108 valence electrons. The predicted molar refractivity (Wildman–Crippen MR) is 87.8 cm³/mol. The van der Waals surface area contributed by atoms with Gasteiger partial charge in [0.2, 0.25) is 5.91 Å². The number of carbonyl (C=O) groups is 1. The largest absolute Gasteiger partial charge is 0.497 e. The summed E-state index contributed by atoms with van der Waals surface area (Å²) in [4.78, 5) is 11.0. The summed E-state index contributed by atoms with van der Waals surface area (Å²) in [6.07, 6.45) is 0. The Balaban J connectivity index is 1.99.